The smallest absolute Gasteiger partial charge is 0.152 e. The van der Waals surface area contributed by atoms with Gasteiger partial charge >= 0.3 is 0 Å². The Kier molecular flexibility index (Phi) is 3.29. The molecule has 64 valence electrons. The van der Waals surface area contributed by atoms with Crippen LogP contribution in [-0.4, -0.2) is 12.8 Å². The highest BCUT2D eigenvalue weighted by molar-refractivity contribution is 9.10. The van der Waals surface area contributed by atoms with Gasteiger partial charge in [0.05, 0.1) is 0 Å². The van der Waals surface area contributed by atoms with Crippen LogP contribution in [0.3, 0.4) is 0 Å². The van der Waals surface area contributed by atoms with Gasteiger partial charge in [-0.05, 0) is 25.1 Å². The normalized spacial score (nSPS) is 9.50. The third-order valence-corrected chi connectivity index (χ3v) is 2.00. The predicted octanol–water partition coefficient (Wildman–Crippen LogP) is 2.69. The molecule has 0 saturated carbocycles. The van der Waals surface area contributed by atoms with Gasteiger partial charge in [0.25, 0.3) is 0 Å². The van der Waals surface area contributed by atoms with Gasteiger partial charge in [0.15, 0.2) is 6.29 Å². The zero-order valence-electron chi connectivity index (χ0n) is 6.80. The molecule has 2 nitrogen and oxygen atoms in total. The molecule has 0 atom stereocenters. The highest BCUT2D eigenvalue weighted by Crippen LogP contribution is 2.18. The van der Waals surface area contributed by atoms with E-state index in [9.17, 15) is 4.79 Å². The molecule has 0 radical (unpaired) electrons. The van der Waals surface area contributed by atoms with Crippen LogP contribution in [0.5, 0.6) is 0 Å². The van der Waals surface area contributed by atoms with E-state index in [4.69, 9.17) is 0 Å². The molecule has 0 aliphatic carbocycles. The quantitative estimate of drug-likeness (QED) is 0.806. The van der Waals surface area contributed by atoms with Gasteiger partial charge in [0.1, 0.15) is 0 Å². The fourth-order valence-electron chi connectivity index (χ4n) is 0.983. The van der Waals surface area contributed by atoms with Crippen LogP contribution in [0.15, 0.2) is 22.7 Å². The predicted molar refractivity (Wildman–Crippen MR) is 53.7 cm³/mol. The Morgan fingerprint density at radius 1 is 1.58 bits per heavy atom. The Bertz CT molecular complexity index is 286. The molecule has 0 fully saturated rings. The molecule has 1 aromatic rings. The van der Waals surface area contributed by atoms with Gasteiger partial charge in [0, 0.05) is 22.3 Å². The molecule has 0 saturated heterocycles. The summed E-state index contributed by atoms with van der Waals surface area (Å²) in [4.78, 5) is 10.6. The van der Waals surface area contributed by atoms with Gasteiger partial charge in [-0.3, -0.25) is 4.79 Å². The van der Waals surface area contributed by atoms with Gasteiger partial charge in [0.2, 0.25) is 0 Å². The molecule has 0 unspecified atom stereocenters. The first-order valence-electron chi connectivity index (χ1n) is 3.76. The van der Waals surface area contributed by atoms with Gasteiger partial charge < -0.3 is 5.32 Å². The van der Waals surface area contributed by atoms with Crippen molar-refractivity contribution in [3.63, 3.8) is 0 Å². The Morgan fingerprint density at radius 3 is 2.92 bits per heavy atom. The molecular weight excluding hydrogens is 218 g/mol. The van der Waals surface area contributed by atoms with Crippen LogP contribution in [0.4, 0.5) is 5.69 Å². The second-order valence-electron chi connectivity index (χ2n) is 2.38. The summed E-state index contributed by atoms with van der Waals surface area (Å²) in [6.45, 7) is 2.82. The van der Waals surface area contributed by atoms with Crippen LogP contribution < -0.4 is 5.32 Å². The monoisotopic (exact) mass is 227 g/mol. The van der Waals surface area contributed by atoms with Crippen molar-refractivity contribution in [1.82, 2.24) is 0 Å². The number of halogens is 1. The van der Waals surface area contributed by atoms with Crippen LogP contribution in [0, 0.1) is 0 Å². The van der Waals surface area contributed by atoms with Gasteiger partial charge in [-0.15, -0.1) is 0 Å². The van der Waals surface area contributed by atoms with E-state index in [1.807, 2.05) is 19.1 Å². The SMILES string of the molecule is CCNc1ccc(Br)cc1C=O. The Labute approximate surface area is 80.1 Å². The number of carbonyl (C=O) groups is 1. The molecule has 0 aromatic heterocycles. The summed E-state index contributed by atoms with van der Waals surface area (Å²) in [7, 11) is 0. The van der Waals surface area contributed by atoms with E-state index in [1.165, 1.54) is 0 Å². The van der Waals surface area contributed by atoms with E-state index >= 15 is 0 Å². The largest absolute Gasteiger partial charge is 0.385 e. The van der Waals surface area contributed by atoms with Crippen molar-refractivity contribution in [3.05, 3.63) is 28.2 Å². The summed E-state index contributed by atoms with van der Waals surface area (Å²) >= 11 is 3.30. The van der Waals surface area contributed by atoms with E-state index in [-0.39, 0.29) is 0 Å². The third-order valence-electron chi connectivity index (χ3n) is 1.51. The number of hydrogen-bond acceptors (Lipinski definition) is 2. The van der Waals surface area contributed by atoms with Crippen LogP contribution >= 0.6 is 15.9 Å². The molecule has 12 heavy (non-hydrogen) atoms. The average molecular weight is 228 g/mol. The number of anilines is 1. The molecule has 1 aromatic carbocycles. The van der Waals surface area contributed by atoms with Crippen LogP contribution in [0.2, 0.25) is 0 Å². The summed E-state index contributed by atoms with van der Waals surface area (Å²) in [5, 5.41) is 3.10. The van der Waals surface area contributed by atoms with E-state index in [1.54, 1.807) is 6.07 Å². The maximum absolute atomic E-state index is 10.6. The molecule has 0 spiro atoms. The van der Waals surface area contributed by atoms with E-state index in [0.29, 0.717) is 5.56 Å². The third kappa shape index (κ3) is 2.08. The van der Waals surface area contributed by atoms with Crippen molar-refractivity contribution in [3.8, 4) is 0 Å². The molecular formula is C9H10BrNO. The Morgan fingerprint density at radius 2 is 2.33 bits per heavy atom. The second kappa shape index (κ2) is 4.26. The maximum Gasteiger partial charge on any atom is 0.152 e. The summed E-state index contributed by atoms with van der Waals surface area (Å²) in [5.74, 6) is 0. The first kappa shape index (κ1) is 9.26. The number of carbonyl (C=O) groups excluding carboxylic acids is 1. The number of rotatable bonds is 3. The number of nitrogens with one attached hydrogen (secondary N) is 1. The second-order valence-corrected chi connectivity index (χ2v) is 3.30. The average Bonchev–Trinajstić information content (AvgIpc) is 2.08. The van der Waals surface area contributed by atoms with E-state index in [0.717, 1.165) is 23.0 Å². The molecule has 0 aliphatic rings. The lowest BCUT2D eigenvalue weighted by molar-refractivity contribution is 0.112. The summed E-state index contributed by atoms with van der Waals surface area (Å²) < 4.78 is 0.922. The van der Waals surface area contributed by atoms with Crippen LogP contribution in [0.1, 0.15) is 17.3 Å². The van der Waals surface area contributed by atoms with Crippen molar-refractivity contribution in [2.45, 2.75) is 6.92 Å². The first-order chi connectivity index (χ1) is 5.77. The molecule has 0 heterocycles. The van der Waals surface area contributed by atoms with Crippen molar-refractivity contribution in [1.29, 1.82) is 0 Å². The Hall–Kier alpha value is -0.830. The molecule has 3 heteroatoms. The van der Waals surface area contributed by atoms with Gasteiger partial charge in [-0.2, -0.15) is 0 Å². The van der Waals surface area contributed by atoms with Crippen molar-refractivity contribution < 1.29 is 4.79 Å². The molecule has 0 bridgehead atoms. The highest BCUT2D eigenvalue weighted by atomic mass is 79.9. The van der Waals surface area contributed by atoms with Gasteiger partial charge in [-0.25, -0.2) is 0 Å². The topological polar surface area (TPSA) is 29.1 Å². The van der Waals surface area contributed by atoms with E-state index in [2.05, 4.69) is 21.2 Å². The molecule has 0 amide bonds. The van der Waals surface area contributed by atoms with Gasteiger partial charge in [-0.1, -0.05) is 15.9 Å². The Balaban J connectivity index is 3.02. The molecule has 1 rings (SSSR count). The van der Waals surface area contributed by atoms with Crippen molar-refractivity contribution in [2.75, 3.05) is 11.9 Å². The fraction of sp³-hybridized carbons (Fsp3) is 0.222. The number of aldehydes is 1. The molecule has 1 N–H and O–H groups in total. The zero-order valence-corrected chi connectivity index (χ0v) is 8.39. The number of benzene rings is 1. The van der Waals surface area contributed by atoms with Crippen molar-refractivity contribution >= 4 is 27.9 Å². The summed E-state index contributed by atoms with van der Waals surface area (Å²) in [5.41, 5.74) is 1.57. The first-order valence-corrected chi connectivity index (χ1v) is 4.56. The van der Waals surface area contributed by atoms with E-state index < -0.39 is 0 Å². The lowest BCUT2D eigenvalue weighted by atomic mass is 10.2. The minimum absolute atomic E-state index is 0.686. The van der Waals surface area contributed by atoms with Crippen molar-refractivity contribution in [2.24, 2.45) is 0 Å². The summed E-state index contributed by atoms with van der Waals surface area (Å²) in [6, 6.07) is 5.59. The molecule has 0 aliphatic heterocycles. The maximum atomic E-state index is 10.6. The van der Waals surface area contributed by atoms with Crippen LogP contribution in [0.25, 0.3) is 0 Å². The lowest BCUT2D eigenvalue weighted by Crippen LogP contribution is -1.99. The fourth-order valence-corrected chi connectivity index (χ4v) is 1.36. The summed E-state index contributed by atoms with van der Waals surface area (Å²) in [6.07, 6.45) is 0.850. The minimum Gasteiger partial charge on any atom is -0.385 e. The minimum atomic E-state index is 0.686. The standard InChI is InChI=1S/C9H10BrNO/c1-2-11-9-4-3-8(10)5-7(9)6-12/h3-6,11H,2H2,1H3. The number of hydrogen-bond donors (Lipinski definition) is 1. The zero-order chi connectivity index (χ0) is 8.97. The van der Waals surface area contributed by atoms with Crippen LogP contribution in [-0.2, 0) is 0 Å². The lowest BCUT2D eigenvalue weighted by Gasteiger charge is -2.05. The highest BCUT2D eigenvalue weighted by Gasteiger charge is 1.99.